The number of benzene rings is 1. The third-order valence-corrected chi connectivity index (χ3v) is 2.57. The van der Waals surface area contributed by atoms with Crippen LogP contribution >= 0.6 is 0 Å². The quantitative estimate of drug-likeness (QED) is 0.874. The Morgan fingerprint density at radius 1 is 1.29 bits per heavy atom. The lowest BCUT2D eigenvalue weighted by molar-refractivity contribution is 0.301. The molecular weight excluding hydrogens is 216 g/mol. The lowest BCUT2D eigenvalue weighted by atomic mass is 10.2. The van der Waals surface area contributed by atoms with E-state index in [1.165, 1.54) is 0 Å². The first kappa shape index (κ1) is 11.4. The standard InChI is InChI=1S/C12H16N4O/c1-9-12(15-17-14-9)8-13-10-5-4-6-11(7-10)16(2)3/h4-7,13H,8H2,1-3H3. The van der Waals surface area contributed by atoms with Crippen molar-refractivity contribution in [3.8, 4) is 0 Å². The summed E-state index contributed by atoms with van der Waals surface area (Å²) in [6.45, 7) is 2.50. The summed E-state index contributed by atoms with van der Waals surface area (Å²) in [4.78, 5) is 2.06. The van der Waals surface area contributed by atoms with E-state index in [0.717, 1.165) is 22.8 Å². The van der Waals surface area contributed by atoms with Gasteiger partial charge in [0, 0.05) is 25.5 Å². The van der Waals surface area contributed by atoms with Gasteiger partial charge in [0.1, 0.15) is 11.4 Å². The maximum absolute atomic E-state index is 4.65. The number of anilines is 2. The van der Waals surface area contributed by atoms with E-state index in [2.05, 4.69) is 37.3 Å². The first-order chi connectivity index (χ1) is 8.16. The van der Waals surface area contributed by atoms with Crippen molar-refractivity contribution >= 4 is 11.4 Å². The summed E-state index contributed by atoms with van der Waals surface area (Å²) in [7, 11) is 4.04. The van der Waals surface area contributed by atoms with E-state index in [4.69, 9.17) is 0 Å². The Hall–Kier alpha value is -2.04. The number of hydrogen-bond acceptors (Lipinski definition) is 5. The number of nitrogens with zero attached hydrogens (tertiary/aromatic N) is 3. The number of nitrogens with one attached hydrogen (secondary N) is 1. The van der Waals surface area contributed by atoms with Crippen molar-refractivity contribution in [3.05, 3.63) is 35.7 Å². The fourth-order valence-corrected chi connectivity index (χ4v) is 1.49. The Bertz CT molecular complexity index is 493. The summed E-state index contributed by atoms with van der Waals surface area (Å²) in [5.41, 5.74) is 3.87. The summed E-state index contributed by atoms with van der Waals surface area (Å²) < 4.78 is 4.65. The van der Waals surface area contributed by atoms with Gasteiger partial charge < -0.3 is 10.2 Å². The van der Waals surface area contributed by atoms with Crippen LogP contribution in [0.15, 0.2) is 28.9 Å². The van der Waals surface area contributed by atoms with Crippen molar-refractivity contribution in [2.75, 3.05) is 24.3 Å². The SMILES string of the molecule is Cc1nonc1CNc1cccc(N(C)C)c1. The van der Waals surface area contributed by atoms with Crippen molar-refractivity contribution in [1.82, 2.24) is 10.3 Å². The van der Waals surface area contributed by atoms with Gasteiger partial charge in [0.2, 0.25) is 0 Å². The molecule has 5 nitrogen and oxygen atoms in total. The summed E-state index contributed by atoms with van der Waals surface area (Å²) in [6.07, 6.45) is 0. The number of aromatic nitrogens is 2. The van der Waals surface area contributed by atoms with E-state index in [1.54, 1.807) is 0 Å². The summed E-state index contributed by atoms with van der Waals surface area (Å²) in [5.74, 6) is 0. The molecule has 90 valence electrons. The van der Waals surface area contributed by atoms with Gasteiger partial charge in [-0.05, 0) is 25.1 Å². The van der Waals surface area contributed by atoms with Gasteiger partial charge in [-0.3, -0.25) is 0 Å². The smallest absolute Gasteiger partial charge is 0.127 e. The monoisotopic (exact) mass is 232 g/mol. The molecule has 0 spiro atoms. The molecule has 1 aromatic carbocycles. The minimum Gasteiger partial charge on any atom is -0.379 e. The van der Waals surface area contributed by atoms with Gasteiger partial charge in [0.05, 0.1) is 6.54 Å². The zero-order valence-electron chi connectivity index (χ0n) is 10.3. The first-order valence-electron chi connectivity index (χ1n) is 5.46. The highest BCUT2D eigenvalue weighted by Crippen LogP contribution is 2.17. The fraction of sp³-hybridized carbons (Fsp3) is 0.333. The van der Waals surface area contributed by atoms with Gasteiger partial charge in [-0.15, -0.1) is 0 Å². The van der Waals surface area contributed by atoms with E-state index in [-0.39, 0.29) is 0 Å². The summed E-state index contributed by atoms with van der Waals surface area (Å²) >= 11 is 0. The van der Waals surface area contributed by atoms with Gasteiger partial charge in [-0.25, -0.2) is 4.63 Å². The van der Waals surface area contributed by atoms with Crippen molar-refractivity contribution in [1.29, 1.82) is 0 Å². The molecule has 0 bridgehead atoms. The van der Waals surface area contributed by atoms with Crippen LogP contribution < -0.4 is 10.2 Å². The number of hydrogen-bond donors (Lipinski definition) is 1. The van der Waals surface area contributed by atoms with Crippen LogP contribution in [0.5, 0.6) is 0 Å². The molecule has 5 heteroatoms. The molecule has 0 saturated heterocycles. The zero-order valence-corrected chi connectivity index (χ0v) is 10.3. The van der Waals surface area contributed by atoms with Crippen molar-refractivity contribution in [3.63, 3.8) is 0 Å². The molecule has 0 atom stereocenters. The summed E-state index contributed by atoms with van der Waals surface area (Å²) in [6, 6.07) is 8.19. The number of rotatable bonds is 4. The second-order valence-corrected chi connectivity index (χ2v) is 4.09. The molecule has 0 saturated carbocycles. The van der Waals surface area contributed by atoms with Crippen LogP contribution in [0, 0.1) is 6.92 Å². The second-order valence-electron chi connectivity index (χ2n) is 4.09. The molecule has 0 amide bonds. The average molecular weight is 232 g/mol. The maximum Gasteiger partial charge on any atom is 0.127 e. The lowest BCUT2D eigenvalue weighted by Gasteiger charge is -2.14. The predicted molar refractivity (Wildman–Crippen MR) is 67.1 cm³/mol. The van der Waals surface area contributed by atoms with Gasteiger partial charge in [0.25, 0.3) is 0 Å². The Labute approximate surface area is 100 Å². The van der Waals surface area contributed by atoms with Crippen LogP contribution in [0.4, 0.5) is 11.4 Å². The Balaban J connectivity index is 2.04. The minimum absolute atomic E-state index is 0.617. The van der Waals surface area contributed by atoms with Gasteiger partial charge in [-0.2, -0.15) is 0 Å². The van der Waals surface area contributed by atoms with E-state index < -0.39 is 0 Å². The third-order valence-electron chi connectivity index (χ3n) is 2.57. The van der Waals surface area contributed by atoms with Gasteiger partial charge in [-0.1, -0.05) is 16.4 Å². The average Bonchev–Trinajstić information content (AvgIpc) is 2.72. The molecule has 0 aliphatic heterocycles. The predicted octanol–water partition coefficient (Wildman–Crippen LogP) is 2.06. The van der Waals surface area contributed by atoms with E-state index >= 15 is 0 Å². The maximum atomic E-state index is 4.65. The van der Waals surface area contributed by atoms with Crippen LogP contribution in [0.3, 0.4) is 0 Å². The number of aryl methyl sites for hydroxylation is 1. The molecule has 0 aliphatic rings. The highest BCUT2D eigenvalue weighted by molar-refractivity contribution is 5.57. The van der Waals surface area contributed by atoms with Crippen molar-refractivity contribution in [2.45, 2.75) is 13.5 Å². The van der Waals surface area contributed by atoms with Crippen molar-refractivity contribution < 1.29 is 4.63 Å². The van der Waals surface area contributed by atoms with E-state index in [1.807, 2.05) is 33.2 Å². The molecule has 17 heavy (non-hydrogen) atoms. The molecule has 2 rings (SSSR count). The van der Waals surface area contributed by atoms with Gasteiger partial charge >= 0.3 is 0 Å². The normalized spacial score (nSPS) is 10.3. The molecule has 2 aromatic rings. The molecule has 1 N–H and O–H groups in total. The van der Waals surface area contributed by atoms with Crippen LogP contribution in [0.1, 0.15) is 11.4 Å². The van der Waals surface area contributed by atoms with E-state index in [0.29, 0.717) is 6.54 Å². The molecular formula is C12H16N4O. The van der Waals surface area contributed by atoms with Gasteiger partial charge in [0.15, 0.2) is 0 Å². The highest BCUT2D eigenvalue weighted by atomic mass is 16.6. The minimum atomic E-state index is 0.617. The largest absolute Gasteiger partial charge is 0.379 e. The zero-order chi connectivity index (χ0) is 12.3. The summed E-state index contributed by atoms with van der Waals surface area (Å²) in [5, 5.41) is 10.9. The molecule has 0 fully saturated rings. The Morgan fingerprint density at radius 2 is 2.12 bits per heavy atom. The van der Waals surface area contributed by atoms with Crippen LogP contribution in [0.2, 0.25) is 0 Å². The third kappa shape index (κ3) is 2.75. The van der Waals surface area contributed by atoms with Crippen LogP contribution in [0.25, 0.3) is 0 Å². The first-order valence-corrected chi connectivity index (χ1v) is 5.46. The molecule has 0 unspecified atom stereocenters. The fourth-order valence-electron chi connectivity index (χ4n) is 1.49. The molecule has 0 aliphatic carbocycles. The molecule has 0 radical (unpaired) electrons. The topological polar surface area (TPSA) is 54.2 Å². The van der Waals surface area contributed by atoms with Crippen LogP contribution in [-0.4, -0.2) is 24.4 Å². The highest BCUT2D eigenvalue weighted by Gasteiger charge is 2.04. The second kappa shape index (κ2) is 4.86. The molecule has 1 heterocycles. The lowest BCUT2D eigenvalue weighted by Crippen LogP contribution is -2.09. The van der Waals surface area contributed by atoms with Crippen molar-refractivity contribution in [2.24, 2.45) is 0 Å². The van der Waals surface area contributed by atoms with Crippen LogP contribution in [-0.2, 0) is 6.54 Å². The van der Waals surface area contributed by atoms with E-state index in [9.17, 15) is 0 Å². The Morgan fingerprint density at radius 3 is 2.76 bits per heavy atom. The molecule has 1 aromatic heterocycles. The Kier molecular flexibility index (Phi) is 3.27.